The minimum atomic E-state index is -3.78. The Morgan fingerprint density at radius 2 is 1.90 bits per heavy atom. The summed E-state index contributed by atoms with van der Waals surface area (Å²) in [7, 11) is -3.78. The topological polar surface area (TPSA) is 119 Å². The summed E-state index contributed by atoms with van der Waals surface area (Å²) in [6, 6.07) is 16.2. The molecule has 1 aliphatic heterocycles. The van der Waals surface area contributed by atoms with Gasteiger partial charge in [-0.2, -0.15) is 4.98 Å². The Morgan fingerprint density at radius 3 is 2.77 bits per heavy atom. The van der Waals surface area contributed by atoms with Crippen LogP contribution < -0.4 is 15.4 Å². The minimum absolute atomic E-state index is 0.0198. The van der Waals surface area contributed by atoms with Crippen LogP contribution in [0.5, 0.6) is 0 Å². The Hall–Kier alpha value is -3.76. The van der Waals surface area contributed by atoms with E-state index in [0.717, 1.165) is 22.4 Å². The number of sulfonamides is 1. The van der Waals surface area contributed by atoms with Crippen molar-refractivity contribution in [3.8, 4) is 0 Å². The normalized spacial score (nSPS) is 13.4. The summed E-state index contributed by atoms with van der Waals surface area (Å²) in [5, 5.41) is 13.7. The third-order valence-corrected chi connectivity index (χ3v) is 5.64. The van der Waals surface area contributed by atoms with E-state index in [2.05, 4.69) is 26.4 Å². The first-order chi connectivity index (χ1) is 14.5. The molecule has 0 radical (unpaired) electrons. The SMILES string of the molecule is NS(=O)(=O)c1cccc(Nc2nc3n(n2)C=CN(c2cnc4ccccc4c2)C3)c1. The minimum Gasteiger partial charge on any atom is -0.338 e. The average Bonchev–Trinajstić information content (AvgIpc) is 3.14. The third-order valence-electron chi connectivity index (χ3n) is 4.73. The maximum absolute atomic E-state index is 11.5. The zero-order valence-electron chi connectivity index (χ0n) is 15.7. The Morgan fingerprint density at radius 1 is 1.03 bits per heavy atom. The van der Waals surface area contributed by atoms with Crippen LogP contribution in [0.25, 0.3) is 17.1 Å². The quantitative estimate of drug-likeness (QED) is 0.522. The lowest BCUT2D eigenvalue weighted by atomic mass is 10.2. The zero-order valence-corrected chi connectivity index (χ0v) is 16.5. The van der Waals surface area contributed by atoms with Crippen molar-refractivity contribution in [3.63, 3.8) is 0 Å². The number of primary sulfonamides is 1. The number of pyridine rings is 1. The largest absolute Gasteiger partial charge is 0.338 e. The number of rotatable bonds is 4. The molecule has 30 heavy (non-hydrogen) atoms. The van der Waals surface area contributed by atoms with Crippen molar-refractivity contribution in [2.24, 2.45) is 5.14 Å². The molecule has 0 fully saturated rings. The molecule has 2 aromatic carbocycles. The van der Waals surface area contributed by atoms with Gasteiger partial charge in [-0.3, -0.25) is 4.98 Å². The first kappa shape index (κ1) is 18.3. The van der Waals surface area contributed by atoms with Crippen LogP contribution in [0.4, 0.5) is 17.3 Å². The summed E-state index contributed by atoms with van der Waals surface area (Å²) in [5.41, 5.74) is 2.43. The molecule has 150 valence electrons. The predicted octanol–water partition coefficient (Wildman–Crippen LogP) is 2.67. The molecule has 2 aromatic heterocycles. The van der Waals surface area contributed by atoms with E-state index in [1.165, 1.54) is 12.1 Å². The Bertz CT molecular complexity index is 1400. The van der Waals surface area contributed by atoms with Gasteiger partial charge in [-0.05, 0) is 30.3 Å². The van der Waals surface area contributed by atoms with Gasteiger partial charge in [-0.15, -0.1) is 5.10 Å². The van der Waals surface area contributed by atoms with Crippen molar-refractivity contribution in [2.45, 2.75) is 11.4 Å². The summed E-state index contributed by atoms with van der Waals surface area (Å²) >= 11 is 0. The molecule has 9 nitrogen and oxygen atoms in total. The highest BCUT2D eigenvalue weighted by molar-refractivity contribution is 7.89. The average molecular weight is 419 g/mol. The van der Waals surface area contributed by atoms with Crippen molar-refractivity contribution in [2.75, 3.05) is 10.2 Å². The molecule has 5 rings (SSSR count). The number of benzene rings is 2. The van der Waals surface area contributed by atoms with E-state index in [0.29, 0.717) is 18.2 Å². The molecule has 0 aliphatic carbocycles. The van der Waals surface area contributed by atoms with Gasteiger partial charge in [0, 0.05) is 23.5 Å². The lowest BCUT2D eigenvalue weighted by Crippen LogP contribution is -2.22. The van der Waals surface area contributed by atoms with Gasteiger partial charge in [-0.1, -0.05) is 24.3 Å². The van der Waals surface area contributed by atoms with Crippen LogP contribution in [0.3, 0.4) is 0 Å². The molecule has 1 aliphatic rings. The van der Waals surface area contributed by atoms with Gasteiger partial charge >= 0.3 is 0 Å². The lowest BCUT2D eigenvalue weighted by Gasteiger charge is -2.22. The van der Waals surface area contributed by atoms with Gasteiger partial charge < -0.3 is 10.2 Å². The van der Waals surface area contributed by atoms with E-state index in [9.17, 15) is 8.42 Å². The van der Waals surface area contributed by atoms with Crippen molar-refractivity contribution in [1.82, 2.24) is 19.7 Å². The fraction of sp³-hybridized carbons (Fsp3) is 0.0500. The lowest BCUT2D eigenvalue weighted by molar-refractivity contribution is 0.598. The highest BCUT2D eigenvalue weighted by Gasteiger charge is 2.17. The van der Waals surface area contributed by atoms with Crippen LogP contribution in [-0.2, 0) is 16.6 Å². The van der Waals surface area contributed by atoms with Crippen molar-refractivity contribution in [1.29, 1.82) is 0 Å². The zero-order chi connectivity index (χ0) is 20.7. The second kappa shape index (κ2) is 6.94. The van der Waals surface area contributed by atoms with E-state index in [4.69, 9.17) is 5.14 Å². The Kier molecular flexibility index (Phi) is 4.23. The van der Waals surface area contributed by atoms with Crippen molar-refractivity contribution in [3.05, 3.63) is 72.8 Å². The van der Waals surface area contributed by atoms with Gasteiger partial charge in [-0.25, -0.2) is 18.2 Å². The van der Waals surface area contributed by atoms with Crippen LogP contribution in [0.2, 0.25) is 0 Å². The van der Waals surface area contributed by atoms with Crippen LogP contribution in [-0.4, -0.2) is 28.2 Å². The predicted molar refractivity (Wildman–Crippen MR) is 114 cm³/mol. The summed E-state index contributed by atoms with van der Waals surface area (Å²) in [5.74, 6) is 1.09. The number of nitrogens with two attached hydrogens (primary N) is 1. The van der Waals surface area contributed by atoms with Crippen molar-refractivity contribution >= 4 is 44.4 Å². The number of hydrogen-bond acceptors (Lipinski definition) is 7. The second-order valence-electron chi connectivity index (χ2n) is 6.81. The van der Waals surface area contributed by atoms with Crippen LogP contribution >= 0.6 is 0 Å². The standard InChI is InChI=1S/C20H17N7O2S/c21-30(28,29)17-6-3-5-15(11-17)23-20-24-19-13-26(8-9-27(19)25-20)16-10-14-4-1-2-7-18(14)22-12-16/h1-12H,13H2,(H,23,25)(H2,21,28,29). The van der Waals surface area contributed by atoms with Gasteiger partial charge in [0.25, 0.3) is 0 Å². The summed E-state index contributed by atoms with van der Waals surface area (Å²) in [6.07, 6.45) is 5.56. The number of anilines is 3. The van der Waals surface area contributed by atoms with E-state index in [1.54, 1.807) is 16.8 Å². The van der Waals surface area contributed by atoms with Gasteiger partial charge in [0.2, 0.25) is 16.0 Å². The summed E-state index contributed by atoms with van der Waals surface area (Å²) in [4.78, 5) is 11.1. The fourth-order valence-electron chi connectivity index (χ4n) is 3.26. The molecule has 0 bridgehead atoms. The summed E-state index contributed by atoms with van der Waals surface area (Å²) in [6.45, 7) is 0.516. The Balaban J connectivity index is 1.38. The number of fused-ring (bicyclic) bond motifs is 2. The monoisotopic (exact) mass is 419 g/mol. The van der Waals surface area contributed by atoms with Crippen LogP contribution in [0.15, 0.2) is 71.9 Å². The molecule has 0 spiro atoms. The number of aromatic nitrogens is 4. The molecule has 4 aromatic rings. The van der Waals surface area contributed by atoms with Crippen LogP contribution in [0, 0.1) is 0 Å². The first-order valence-electron chi connectivity index (χ1n) is 9.11. The molecule has 0 unspecified atom stereocenters. The molecule has 10 heteroatoms. The molecule has 0 amide bonds. The molecule has 0 saturated carbocycles. The number of nitrogens with zero attached hydrogens (tertiary/aromatic N) is 5. The molecule has 0 atom stereocenters. The van der Waals surface area contributed by atoms with Gasteiger partial charge in [0.15, 0.2) is 5.82 Å². The molecular formula is C20H17N7O2S. The number of para-hydroxylation sites is 1. The van der Waals surface area contributed by atoms with E-state index >= 15 is 0 Å². The van der Waals surface area contributed by atoms with Crippen LogP contribution in [0.1, 0.15) is 5.82 Å². The molecule has 3 N–H and O–H groups in total. The highest BCUT2D eigenvalue weighted by atomic mass is 32.2. The van der Waals surface area contributed by atoms with E-state index in [-0.39, 0.29) is 4.90 Å². The van der Waals surface area contributed by atoms with E-state index < -0.39 is 10.0 Å². The third kappa shape index (κ3) is 3.49. The first-order valence-corrected chi connectivity index (χ1v) is 10.7. The smallest absolute Gasteiger partial charge is 0.247 e. The fourth-order valence-corrected chi connectivity index (χ4v) is 3.82. The molecule has 0 saturated heterocycles. The molecule has 3 heterocycles. The van der Waals surface area contributed by atoms with Gasteiger partial charge in [0.05, 0.1) is 28.8 Å². The maximum Gasteiger partial charge on any atom is 0.247 e. The maximum atomic E-state index is 11.5. The second-order valence-corrected chi connectivity index (χ2v) is 8.37. The Labute approximate surface area is 172 Å². The van der Waals surface area contributed by atoms with E-state index in [1.807, 2.05) is 47.8 Å². The number of hydrogen-bond donors (Lipinski definition) is 2. The highest BCUT2D eigenvalue weighted by Crippen LogP contribution is 2.25. The summed E-state index contributed by atoms with van der Waals surface area (Å²) < 4.78 is 24.8. The van der Waals surface area contributed by atoms with Gasteiger partial charge in [0.1, 0.15) is 0 Å². The molecular weight excluding hydrogens is 402 g/mol. The number of nitrogens with one attached hydrogen (secondary N) is 1. The van der Waals surface area contributed by atoms with Crippen molar-refractivity contribution < 1.29 is 8.42 Å².